The summed E-state index contributed by atoms with van der Waals surface area (Å²) in [5.41, 5.74) is -0.160. The first kappa shape index (κ1) is 15.3. The maximum Gasteiger partial charge on any atom is 0.308 e. The van der Waals surface area contributed by atoms with Crippen LogP contribution in [0.3, 0.4) is 0 Å². The van der Waals surface area contributed by atoms with E-state index in [0.29, 0.717) is 19.7 Å². The third kappa shape index (κ3) is 3.14. The third-order valence-electron chi connectivity index (χ3n) is 4.74. The van der Waals surface area contributed by atoms with Gasteiger partial charge in [-0.2, -0.15) is 0 Å². The van der Waals surface area contributed by atoms with E-state index in [1.165, 1.54) is 7.11 Å². The van der Waals surface area contributed by atoms with Gasteiger partial charge in [-0.15, -0.1) is 0 Å². The van der Waals surface area contributed by atoms with Crippen LogP contribution < -0.4 is 0 Å². The van der Waals surface area contributed by atoms with Crippen LogP contribution in [0.5, 0.6) is 0 Å². The van der Waals surface area contributed by atoms with Crippen molar-refractivity contribution in [1.29, 1.82) is 0 Å². The number of nitrogens with zero attached hydrogens (tertiary/aromatic N) is 1. The largest absolute Gasteiger partial charge is 0.469 e. The molecule has 0 aromatic heterocycles. The first-order valence-corrected chi connectivity index (χ1v) is 7.59. The highest BCUT2D eigenvalue weighted by Crippen LogP contribution is 2.42. The van der Waals surface area contributed by atoms with Crippen LogP contribution in [-0.4, -0.2) is 49.7 Å². The van der Waals surface area contributed by atoms with Crippen LogP contribution in [0.1, 0.15) is 45.4 Å². The van der Waals surface area contributed by atoms with Crippen LogP contribution in [0, 0.1) is 5.41 Å². The van der Waals surface area contributed by atoms with Gasteiger partial charge in [-0.05, 0) is 19.3 Å². The SMILES string of the molecule is CCC1(C(=O)N2CCOC(CC(=O)OC)C2)CCCC1. The van der Waals surface area contributed by atoms with Gasteiger partial charge in [0.25, 0.3) is 0 Å². The quantitative estimate of drug-likeness (QED) is 0.738. The molecule has 114 valence electrons. The number of ether oxygens (including phenoxy) is 2. The Morgan fingerprint density at radius 1 is 1.35 bits per heavy atom. The van der Waals surface area contributed by atoms with Gasteiger partial charge >= 0.3 is 5.97 Å². The molecule has 1 atom stereocenters. The maximum atomic E-state index is 12.8. The van der Waals surface area contributed by atoms with Gasteiger partial charge in [0.2, 0.25) is 5.91 Å². The van der Waals surface area contributed by atoms with Crippen molar-refractivity contribution in [1.82, 2.24) is 4.90 Å². The van der Waals surface area contributed by atoms with E-state index in [1.54, 1.807) is 0 Å². The molecule has 1 saturated carbocycles. The molecule has 0 spiro atoms. The fourth-order valence-electron chi connectivity index (χ4n) is 3.40. The summed E-state index contributed by atoms with van der Waals surface area (Å²) in [7, 11) is 1.37. The number of methoxy groups -OCH3 is 1. The van der Waals surface area contributed by atoms with Gasteiger partial charge in [-0.1, -0.05) is 19.8 Å². The Kier molecular flexibility index (Phi) is 5.02. The Morgan fingerprint density at radius 3 is 2.65 bits per heavy atom. The standard InChI is InChI=1S/C15H25NO4/c1-3-15(6-4-5-7-15)14(18)16-8-9-20-12(11-16)10-13(17)19-2/h12H,3-11H2,1-2H3. The first-order chi connectivity index (χ1) is 9.61. The van der Waals surface area contributed by atoms with Crippen molar-refractivity contribution in [3.8, 4) is 0 Å². The molecule has 2 aliphatic rings. The summed E-state index contributed by atoms with van der Waals surface area (Å²) in [6.07, 6.45) is 5.20. The van der Waals surface area contributed by atoms with Gasteiger partial charge in [-0.25, -0.2) is 0 Å². The molecule has 1 amide bonds. The molecule has 2 rings (SSSR count). The van der Waals surface area contributed by atoms with Crippen molar-refractivity contribution in [2.75, 3.05) is 26.8 Å². The van der Waals surface area contributed by atoms with Gasteiger partial charge in [0.15, 0.2) is 0 Å². The number of hydrogen-bond donors (Lipinski definition) is 0. The summed E-state index contributed by atoms with van der Waals surface area (Å²) >= 11 is 0. The van der Waals surface area contributed by atoms with Gasteiger partial charge in [0.1, 0.15) is 0 Å². The highest BCUT2D eigenvalue weighted by molar-refractivity contribution is 5.83. The van der Waals surface area contributed by atoms with Crippen molar-refractivity contribution in [2.24, 2.45) is 5.41 Å². The minimum Gasteiger partial charge on any atom is -0.469 e. The zero-order chi connectivity index (χ0) is 14.6. The van der Waals surface area contributed by atoms with Crippen LogP contribution >= 0.6 is 0 Å². The molecule has 0 aromatic rings. The summed E-state index contributed by atoms with van der Waals surface area (Å²) in [6.45, 7) is 3.76. The predicted molar refractivity (Wildman–Crippen MR) is 74.1 cm³/mol. The molecular weight excluding hydrogens is 258 g/mol. The first-order valence-electron chi connectivity index (χ1n) is 7.59. The summed E-state index contributed by atoms with van der Waals surface area (Å²) in [5.74, 6) is -0.0222. The van der Waals surface area contributed by atoms with Crippen molar-refractivity contribution in [2.45, 2.75) is 51.6 Å². The number of carbonyl (C=O) groups excluding carboxylic acids is 2. The minimum absolute atomic E-state index is 0.160. The molecule has 1 aliphatic carbocycles. The molecule has 0 radical (unpaired) electrons. The second-order valence-corrected chi connectivity index (χ2v) is 5.87. The van der Waals surface area contributed by atoms with Crippen LogP contribution in [0.2, 0.25) is 0 Å². The zero-order valence-electron chi connectivity index (χ0n) is 12.5. The zero-order valence-corrected chi connectivity index (χ0v) is 12.5. The molecule has 5 nitrogen and oxygen atoms in total. The number of esters is 1. The fraction of sp³-hybridized carbons (Fsp3) is 0.867. The van der Waals surface area contributed by atoms with Crippen molar-refractivity contribution < 1.29 is 19.1 Å². The lowest BCUT2D eigenvalue weighted by Crippen LogP contribution is -2.51. The molecular formula is C15H25NO4. The Morgan fingerprint density at radius 2 is 2.05 bits per heavy atom. The van der Waals surface area contributed by atoms with Gasteiger partial charge in [0, 0.05) is 18.5 Å². The Labute approximate surface area is 120 Å². The molecule has 5 heteroatoms. The third-order valence-corrected chi connectivity index (χ3v) is 4.74. The lowest BCUT2D eigenvalue weighted by atomic mass is 9.81. The number of morpholine rings is 1. The minimum atomic E-state index is -0.282. The van der Waals surface area contributed by atoms with Crippen LogP contribution in [0.25, 0.3) is 0 Å². The normalized spacial score (nSPS) is 25.5. The Balaban J connectivity index is 1.97. The smallest absolute Gasteiger partial charge is 0.308 e. The van der Waals surface area contributed by atoms with E-state index in [1.807, 2.05) is 4.90 Å². The van der Waals surface area contributed by atoms with E-state index in [9.17, 15) is 9.59 Å². The molecule has 0 N–H and O–H groups in total. The average Bonchev–Trinajstić information content (AvgIpc) is 2.96. The monoisotopic (exact) mass is 283 g/mol. The van der Waals surface area contributed by atoms with E-state index in [0.717, 1.165) is 32.1 Å². The molecule has 0 bridgehead atoms. The number of carbonyl (C=O) groups is 2. The van der Waals surface area contributed by atoms with E-state index < -0.39 is 0 Å². The summed E-state index contributed by atoms with van der Waals surface area (Å²) < 4.78 is 10.2. The van der Waals surface area contributed by atoms with E-state index in [-0.39, 0.29) is 29.8 Å². The van der Waals surface area contributed by atoms with E-state index >= 15 is 0 Å². The van der Waals surface area contributed by atoms with E-state index in [2.05, 4.69) is 11.7 Å². The molecule has 1 saturated heterocycles. The Bertz CT molecular complexity index is 363. The average molecular weight is 283 g/mol. The van der Waals surface area contributed by atoms with Crippen LogP contribution in [0.4, 0.5) is 0 Å². The van der Waals surface area contributed by atoms with E-state index in [4.69, 9.17) is 4.74 Å². The lowest BCUT2D eigenvalue weighted by molar-refractivity contribution is -0.155. The predicted octanol–water partition coefficient (Wildman–Crippen LogP) is 1.75. The molecule has 20 heavy (non-hydrogen) atoms. The van der Waals surface area contributed by atoms with Gasteiger partial charge in [-0.3, -0.25) is 9.59 Å². The van der Waals surface area contributed by atoms with Crippen LogP contribution in [-0.2, 0) is 19.1 Å². The second-order valence-electron chi connectivity index (χ2n) is 5.87. The molecule has 2 fully saturated rings. The molecule has 1 aliphatic heterocycles. The summed E-state index contributed by atoms with van der Waals surface area (Å²) in [6, 6.07) is 0. The van der Waals surface area contributed by atoms with Crippen molar-refractivity contribution >= 4 is 11.9 Å². The molecule has 1 unspecified atom stereocenters. The maximum absolute atomic E-state index is 12.8. The number of rotatable bonds is 4. The topological polar surface area (TPSA) is 55.8 Å². The summed E-state index contributed by atoms with van der Waals surface area (Å²) in [4.78, 5) is 26.0. The van der Waals surface area contributed by atoms with Gasteiger partial charge < -0.3 is 14.4 Å². The van der Waals surface area contributed by atoms with Crippen molar-refractivity contribution in [3.63, 3.8) is 0 Å². The number of amides is 1. The van der Waals surface area contributed by atoms with Gasteiger partial charge in [0.05, 0.1) is 26.2 Å². The summed E-state index contributed by atoms with van der Waals surface area (Å²) in [5, 5.41) is 0. The fourth-order valence-corrected chi connectivity index (χ4v) is 3.40. The molecule has 0 aromatic carbocycles. The highest BCUT2D eigenvalue weighted by atomic mass is 16.5. The van der Waals surface area contributed by atoms with Crippen LogP contribution in [0.15, 0.2) is 0 Å². The molecule has 1 heterocycles. The number of hydrogen-bond acceptors (Lipinski definition) is 4. The van der Waals surface area contributed by atoms with Crippen molar-refractivity contribution in [3.05, 3.63) is 0 Å². The highest BCUT2D eigenvalue weighted by Gasteiger charge is 2.43. The Hall–Kier alpha value is -1.10. The second kappa shape index (κ2) is 6.57. The lowest BCUT2D eigenvalue weighted by Gasteiger charge is -2.38.